The van der Waals surface area contributed by atoms with Crippen molar-refractivity contribution in [2.75, 3.05) is 6.61 Å². The van der Waals surface area contributed by atoms with Gasteiger partial charge in [-0.2, -0.15) is 0 Å². The van der Waals surface area contributed by atoms with Crippen LogP contribution in [0.4, 0.5) is 0 Å². The molecule has 0 aliphatic heterocycles. The highest BCUT2D eigenvalue weighted by molar-refractivity contribution is 5.99. The standard InChI is InChI=1S/C15H16O4/c1-2-19-14(17)15(18,11-7-4-3-5-8-11)12-9-6-10-13(12)16/h3-8,10,12,18H,2,9H2,1H3. The summed E-state index contributed by atoms with van der Waals surface area (Å²) in [6, 6.07) is 8.47. The topological polar surface area (TPSA) is 63.6 Å². The van der Waals surface area contributed by atoms with Crippen molar-refractivity contribution in [2.45, 2.75) is 18.9 Å². The Hall–Kier alpha value is -1.94. The summed E-state index contributed by atoms with van der Waals surface area (Å²) in [6.07, 6.45) is 3.40. The Bertz CT molecular complexity index is 506. The van der Waals surface area contributed by atoms with Gasteiger partial charge in [-0.1, -0.05) is 36.4 Å². The monoisotopic (exact) mass is 260 g/mol. The largest absolute Gasteiger partial charge is 0.464 e. The smallest absolute Gasteiger partial charge is 0.343 e. The van der Waals surface area contributed by atoms with Gasteiger partial charge in [-0.25, -0.2) is 4.79 Å². The second-order valence-corrected chi connectivity index (χ2v) is 4.45. The molecule has 0 saturated carbocycles. The third kappa shape index (κ3) is 2.31. The second kappa shape index (κ2) is 5.36. The van der Waals surface area contributed by atoms with Gasteiger partial charge in [-0.05, 0) is 25.0 Å². The van der Waals surface area contributed by atoms with E-state index in [4.69, 9.17) is 4.74 Å². The van der Waals surface area contributed by atoms with Gasteiger partial charge in [0.25, 0.3) is 0 Å². The molecule has 0 radical (unpaired) electrons. The molecule has 2 unspecified atom stereocenters. The number of benzene rings is 1. The van der Waals surface area contributed by atoms with E-state index in [-0.39, 0.29) is 12.4 Å². The normalized spacial score (nSPS) is 21.2. The number of esters is 1. The predicted molar refractivity (Wildman–Crippen MR) is 69.2 cm³/mol. The van der Waals surface area contributed by atoms with Crippen LogP contribution in [0.1, 0.15) is 18.9 Å². The average Bonchev–Trinajstić information content (AvgIpc) is 2.86. The number of rotatable bonds is 4. The molecular weight excluding hydrogens is 244 g/mol. The molecule has 1 aliphatic carbocycles. The summed E-state index contributed by atoms with van der Waals surface area (Å²) in [7, 11) is 0. The molecule has 0 aromatic heterocycles. The highest BCUT2D eigenvalue weighted by Gasteiger charge is 2.50. The zero-order chi connectivity index (χ0) is 13.9. The summed E-state index contributed by atoms with van der Waals surface area (Å²) >= 11 is 0. The minimum Gasteiger partial charge on any atom is -0.464 e. The Labute approximate surface area is 111 Å². The lowest BCUT2D eigenvalue weighted by atomic mass is 9.79. The fourth-order valence-corrected chi connectivity index (χ4v) is 2.32. The van der Waals surface area contributed by atoms with Crippen molar-refractivity contribution in [1.29, 1.82) is 0 Å². The van der Waals surface area contributed by atoms with Gasteiger partial charge >= 0.3 is 5.97 Å². The zero-order valence-electron chi connectivity index (χ0n) is 10.7. The van der Waals surface area contributed by atoms with Crippen molar-refractivity contribution in [3.05, 3.63) is 48.0 Å². The van der Waals surface area contributed by atoms with Crippen molar-refractivity contribution in [2.24, 2.45) is 5.92 Å². The summed E-state index contributed by atoms with van der Waals surface area (Å²) in [4.78, 5) is 24.0. The van der Waals surface area contributed by atoms with Crippen molar-refractivity contribution < 1.29 is 19.4 Å². The molecule has 2 atom stereocenters. The molecule has 19 heavy (non-hydrogen) atoms. The summed E-state index contributed by atoms with van der Waals surface area (Å²) in [5.74, 6) is -1.84. The lowest BCUT2D eigenvalue weighted by Crippen LogP contribution is -2.46. The van der Waals surface area contributed by atoms with Crippen molar-refractivity contribution in [3.8, 4) is 0 Å². The molecule has 0 heterocycles. The Morgan fingerprint density at radius 3 is 2.63 bits per heavy atom. The van der Waals surface area contributed by atoms with Gasteiger partial charge in [-0.15, -0.1) is 0 Å². The Morgan fingerprint density at radius 1 is 1.42 bits per heavy atom. The number of ketones is 1. The Kier molecular flexibility index (Phi) is 3.81. The number of ether oxygens (including phenoxy) is 1. The quantitative estimate of drug-likeness (QED) is 0.835. The van der Waals surface area contributed by atoms with Crippen LogP contribution in [0.25, 0.3) is 0 Å². The molecule has 1 aromatic carbocycles. The third-order valence-electron chi connectivity index (χ3n) is 3.30. The lowest BCUT2D eigenvalue weighted by molar-refractivity contribution is -0.174. The minimum absolute atomic E-state index is 0.155. The molecule has 100 valence electrons. The van der Waals surface area contributed by atoms with Crippen LogP contribution in [-0.2, 0) is 19.9 Å². The van der Waals surface area contributed by atoms with Crippen molar-refractivity contribution in [1.82, 2.24) is 0 Å². The zero-order valence-corrected chi connectivity index (χ0v) is 10.7. The molecule has 0 amide bonds. The van der Waals surface area contributed by atoms with E-state index in [2.05, 4.69) is 0 Å². The Morgan fingerprint density at radius 2 is 2.11 bits per heavy atom. The molecule has 1 aromatic rings. The van der Waals surface area contributed by atoms with Gasteiger partial charge in [-0.3, -0.25) is 4.79 Å². The predicted octanol–water partition coefficient (Wildman–Crippen LogP) is 1.58. The molecule has 0 bridgehead atoms. The maximum absolute atomic E-state index is 12.1. The number of carbonyl (C=O) groups excluding carboxylic acids is 2. The maximum atomic E-state index is 12.1. The number of hydrogen-bond donors (Lipinski definition) is 1. The molecule has 0 saturated heterocycles. The number of hydrogen-bond acceptors (Lipinski definition) is 4. The first-order valence-corrected chi connectivity index (χ1v) is 6.26. The van der Waals surface area contributed by atoms with Crippen LogP contribution in [0.2, 0.25) is 0 Å². The summed E-state index contributed by atoms with van der Waals surface area (Å²) < 4.78 is 4.95. The van der Waals surface area contributed by atoms with Crippen LogP contribution in [0.3, 0.4) is 0 Å². The Balaban J connectivity index is 2.44. The molecule has 1 N–H and O–H groups in total. The van der Waals surface area contributed by atoms with Crippen LogP contribution >= 0.6 is 0 Å². The van der Waals surface area contributed by atoms with E-state index in [0.717, 1.165) is 0 Å². The van der Waals surface area contributed by atoms with Crippen LogP contribution in [0, 0.1) is 5.92 Å². The van der Waals surface area contributed by atoms with Crippen molar-refractivity contribution >= 4 is 11.8 Å². The van der Waals surface area contributed by atoms with E-state index < -0.39 is 17.5 Å². The van der Waals surface area contributed by atoms with E-state index in [1.54, 1.807) is 43.3 Å². The number of aliphatic hydroxyl groups is 1. The first-order chi connectivity index (χ1) is 9.10. The van der Waals surface area contributed by atoms with Crippen molar-refractivity contribution in [3.63, 3.8) is 0 Å². The van der Waals surface area contributed by atoms with Gasteiger partial charge in [0.15, 0.2) is 11.4 Å². The molecule has 0 fully saturated rings. The van der Waals surface area contributed by atoms with Gasteiger partial charge in [0.2, 0.25) is 0 Å². The summed E-state index contributed by atoms with van der Waals surface area (Å²) in [6.45, 7) is 1.82. The highest BCUT2D eigenvalue weighted by Crippen LogP contribution is 2.37. The first kappa shape index (κ1) is 13.5. The van der Waals surface area contributed by atoms with Crippen LogP contribution in [-0.4, -0.2) is 23.5 Å². The fraction of sp³-hybridized carbons (Fsp3) is 0.333. The van der Waals surface area contributed by atoms with Gasteiger partial charge in [0.05, 0.1) is 12.5 Å². The van der Waals surface area contributed by atoms with E-state index in [9.17, 15) is 14.7 Å². The average molecular weight is 260 g/mol. The van der Waals surface area contributed by atoms with E-state index in [1.807, 2.05) is 0 Å². The third-order valence-corrected chi connectivity index (χ3v) is 3.30. The van der Waals surface area contributed by atoms with Crippen LogP contribution in [0.15, 0.2) is 42.5 Å². The molecule has 1 aliphatic rings. The molecule has 4 nitrogen and oxygen atoms in total. The van der Waals surface area contributed by atoms with Gasteiger partial charge in [0.1, 0.15) is 0 Å². The first-order valence-electron chi connectivity index (χ1n) is 6.26. The van der Waals surface area contributed by atoms with E-state index in [0.29, 0.717) is 12.0 Å². The molecule has 4 heteroatoms. The molecule has 0 spiro atoms. The van der Waals surface area contributed by atoms with Gasteiger partial charge < -0.3 is 9.84 Å². The second-order valence-electron chi connectivity index (χ2n) is 4.45. The maximum Gasteiger partial charge on any atom is 0.343 e. The summed E-state index contributed by atoms with van der Waals surface area (Å²) in [5.41, 5.74) is -1.53. The van der Waals surface area contributed by atoms with Crippen LogP contribution < -0.4 is 0 Å². The minimum atomic E-state index is -1.92. The molecule has 2 rings (SSSR count). The summed E-state index contributed by atoms with van der Waals surface area (Å²) in [5, 5.41) is 10.8. The SMILES string of the molecule is CCOC(=O)C(O)(c1ccccc1)C1CC=CC1=O. The molecular formula is C15H16O4. The fourth-order valence-electron chi connectivity index (χ4n) is 2.32. The van der Waals surface area contributed by atoms with E-state index >= 15 is 0 Å². The number of carbonyl (C=O) groups is 2. The van der Waals surface area contributed by atoms with E-state index in [1.165, 1.54) is 6.08 Å². The van der Waals surface area contributed by atoms with Crippen LogP contribution in [0.5, 0.6) is 0 Å². The lowest BCUT2D eigenvalue weighted by Gasteiger charge is -2.31. The highest BCUT2D eigenvalue weighted by atomic mass is 16.5. The van der Waals surface area contributed by atoms with Gasteiger partial charge in [0, 0.05) is 0 Å². The number of allylic oxidation sites excluding steroid dienone is 2.